The van der Waals surface area contributed by atoms with E-state index >= 15 is 0 Å². The Morgan fingerprint density at radius 2 is 2.10 bits per heavy atom. The van der Waals surface area contributed by atoms with E-state index in [1.54, 1.807) is 6.07 Å². The van der Waals surface area contributed by atoms with Crippen molar-refractivity contribution in [1.82, 2.24) is 10.0 Å². The molecule has 0 spiro atoms. The van der Waals surface area contributed by atoms with Crippen molar-refractivity contribution >= 4 is 26.0 Å². The molecule has 1 fully saturated rings. The second-order valence-electron chi connectivity index (χ2n) is 5.48. The molecule has 0 radical (unpaired) electrons. The summed E-state index contributed by atoms with van der Waals surface area (Å²) in [7, 11) is -3.82. The Labute approximate surface area is 133 Å². The van der Waals surface area contributed by atoms with Crippen molar-refractivity contribution in [3.63, 3.8) is 0 Å². The summed E-state index contributed by atoms with van der Waals surface area (Å²) in [5.41, 5.74) is 0.339. The number of benzene rings is 1. The number of hydrogen-bond donors (Lipinski definition) is 2. The van der Waals surface area contributed by atoms with Crippen molar-refractivity contribution in [3.05, 3.63) is 28.0 Å². The first-order valence-electron chi connectivity index (χ1n) is 7.03. The third-order valence-corrected chi connectivity index (χ3v) is 5.63. The quantitative estimate of drug-likeness (QED) is 0.766. The SMILES string of the molecule is CCNCc1cc(Br)cc(S(=O)(=O)NCC2CC2C)c1F. The Bertz CT molecular complexity index is 622. The third-order valence-electron chi connectivity index (χ3n) is 3.75. The van der Waals surface area contributed by atoms with E-state index in [2.05, 4.69) is 32.9 Å². The van der Waals surface area contributed by atoms with Gasteiger partial charge in [0.2, 0.25) is 10.0 Å². The maximum atomic E-state index is 14.4. The van der Waals surface area contributed by atoms with Crippen molar-refractivity contribution in [2.24, 2.45) is 11.8 Å². The molecule has 0 bridgehead atoms. The highest BCUT2D eigenvalue weighted by molar-refractivity contribution is 9.10. The van der Waals surface area contributed by atoms with Crippen molar-refractivity contribution in [2.45, 2.75) is 31.7 Å². The van der Waals surface area contributed by atoms with E-state index in [4.69, 9.17) is 0 Å². The number of nitrogens with one attached hydrogen (secondary N) is 2. The van der Waals surface area contributed by atoms with Crippen molar-refractivity contribution < 1.29 is 12.8 Å². The summed E-state index contributed by atoms with van der Waals surface area (Å²) in [5.74, 6) is 0.232. The van der Waals surface area contributed by atoms with Gasteiger partial charge in [-0.05, 0) is 36.9 Å². The summed E-state index contributed by atoms with van der Waals surface area (Å²) >= 11 is 3.25. The zero-order valence-electron chi connectivity index (χ0n) is 12.1. The number of halogens is 2. The van der Waals surface area contributed by atoms with Gasteiger partial charge in [0.15, 0.2) is 0 Å². The van der Waals surface area contributed by atoms with Crippen LogP contribution in [0.3, 0.4) is 0 Å². The molecule has 7 heteroatoms. The van der Waals surface area contributed by atoms with Gasteiger partial charge in [-0.15, -0.1) is 0 Å². The summed E-state index contributed by atoms with van der Waals surface area (Å²) in [5, 5.41) is 3.00. The molecule has 4 nitrogen and oxygen atoms in total. The molecule has 2 unspecified atom stereocenters. The number of rotatable bonds is 7. The predicted octanol–water partition coefficient (Wildman–Crippen LogP) is 2.63. The first-order chi connectivity index (χ1) is 9.85. The van der Waals surface area contributed by atoms with E-state index in [0.29, 0.717) is 41.5 Å². The lowest BCUT2D eigenvalue weighted by Crippen LogP contribution is -2.27. The standard InChI is InChI=1S/C14H20BrFN2O2S/c1-3-17-7-11-5-12(15)6-13(14(11)16)21(19,20)18-8-10-4-9(10)2/h5-6,9-10,17-18H,3-4,7-8H2,1-2H3. The molecule has 0 saturated heterocycles. The molecule has 21 heavy (non-hydrogen) atoms. The maximum Gasteiger partial charge on any atom is 0.243 e. The van der Waals surface area contributed by atoms with Crippen LogP contribution in [-0.2, 0) is 16.6 Å². The van der Waals surface area contributed by atoms with Gasteiger partial charge in [0, 0.05) is 23.1 Å². The van der Waals surface area contributed by atoms with Gasteiger partial charge in [0.25, 0.3) is 0 Å². The van der Waals surface area contributed by atoms with Gasteiger partial charge in [0.05, 0.1) is 0 Å². The molecule has 118 valence electrons. The molecular formula is C14H20BrFN2O2S. The molecule has 0 aromatic heterocycles. The van der Waals surface area contributed by atoms with Crippen molar-refractivity contribution in [2.75, 3.05) is 13.1 Å². The average molecular weight is 379 g/mol. The van der Waals surface area contributed by atoms with Gasteiger partial charge in [0.1, 0.15) is 10.7 Å². The van der Waals surface area contributed by atoms with Crippen molar-refractivity contribution in [1.29, 1.82) is 0 Å². The van der Waals surface area contributed by atoms with Crippen LogP contribution in [0.1, 0.15) is 25.8 Å². The molecule has 0 amide bonds. The van der Waals surface area contributed by atoms with Crippen molar-refractivity contribution in [3.8, 4) is 0 Å². The van der Waals surface area contributed by atoms with Crippen LogP contribution in [0.25, 0.3) is 0 Å². The topological polar surface area (TPSA) is 58.2 Å². The summed E-state index contributed by atoms with van der Waals surface area (Å²) in [6.07, 6.45) is 1.02. The molecule has 0 heterocycles. The summed E-state index contributed by atoms with van der Waals surface area (Å²) in [6.45, 7) is 5.34. The van der Waals surface area contributed by atoms with Gasteiger partial charge in [-0.25, -0.2) is 17.5 Å². The normalized spacial score (nSPS) is 21.5. The monoisotopic (exact) mass is 378 g/mol. The molecule has 1 saturated carbocycles. The van der Waals surface area contributed by atoms with E-state index in [-0.39, 0.29) is 4.90 Å². The Balaban J connectivity index is 2.22. The molecule has 2 rings (SSSR count). The fraction of sp³-hybridized carbons (Fsp3) is 0.571. The van der Waals surface area contributed by atoms with Crippen LogP contribution in [0.2, 0.25) is 0 Å². The lowest BCUT2D eigenvalue weighted by Gasteiger charge is -2.12. The Morgan fingerprint density at radius 1 is 1.43 bits per heavy atom. The largest absolute Gasteiger partial charge is 0.313 e. The van der Waals surface area contributed by atoms with Gasteiger partial charge in [-0.3, -0.25) is 0 Å². The molecule has 2 N–H and O–H groups in total. The smallest absolute Gasteiger partial charge is 0.243 e. The highest BCUT2D eigenvalue weighted by Crippen LogP contribution is 2.37. The number of hydrogen-bond acceptors (Lipinski definition) is 3. The summed E-state index contributed by atoms with van der Waals surface area (Å²) < 4.78 is 42.0. The van der Waals surface area contributed by atoms with E-state index in [9.17, 15) is 12.8 Å². The van der Waals surface area contributed by atoms with E-state index in [0.717, 1.165) is 6.42 Å². The third kappa shape index (κ3) is 4.25. The van der Waals surface area contributed by atoms with Crippen LogP contribution >= 0.6 is 15.9 Å². The highest BCUT2D eigenvalue weighted by atomic mass is 79.9. The fourth-order valence-electron chi connectivity index (χ4n) is 2.18. The lowest BCUT2D eigenvalue weighted by atomic mass is 10.2. The molecule has 1 aliphatic carbocycles. The van der Waals surface area contributed by atoms with E-state index < -0.39 is 15.8 Å². The lowest BCUT2D eigenvalue weighted by molar-refractivity contribution is 0.540. The minimum absolute atomic E-state index is 0.293. The van der Waals surface area contributed by atoms with Crippen LogP contribution in [0.15, 0.2) is 21.5 Å². The van der Waals surface area contributed by atoms with E-state index in [1.165, 1.54) is 6.07 Å². The van der Waals surface area contributed by atoms with Crippen LogP contribution in [-0.4, -0.2) is 21.5 Å². The minimum atomic E-state index is -3.82. The minimum Gasteiger partial charge on any atom is -0.313 e. The van der Waals surface area contributed by atoms with Gasteiger partial charge < -0.3 is 5.32 Å². The van der Waals surface area contributed by atoms with Gasteiger partial charge in [-0.2, -0.15) is 0 Å². The fourth-order valence-corrected chi connectivity index (χ4v) is 4.08. The van der Waals surface area contributed by atoms with Crippen LogP contribution in [0.5, 0.6) is 0 Å². The molecular weight excluding hydrogens is 359 g/mol. The first kappa shape index (κ1) is 16.9. The summed E-state index contributed by atoms with van der Waals surface area (Å²) in [6, 6.07) is 2.91. The maximum absolute atomic E-state index is 14.4. The summed E-state index contributed by atoms with van der Waals surface area (Å²) in [4.78, 5) is -0.293. The average Bonchev–Trinajstić information content (AvgIpc) is 3.13. The van der Waals surface area contributed by atoms with Crippen LogP contribution in [0, 0.1) is 17.7 Å². The zero-order valence-corrected chi connectivity index (χ0v) is 14.5. The predicted molar refractivity (Wildman–Crippen MR) is 83.9 cm³/mol. The molecule has 2 atom stereocenters. The number of sulfonamides is 1. The highest BCUT2D eigenvalue weighted by Gasteiger charge is 2.34. The van der Waals surface area contributed by atoms with Gasteiger partial charge in [-0.1, -0.05) is 29.8 Å². The molecule has 1 aliphatic rings. The van der Waals surface area contributed by atoms with E-state index in [1.807, 2.05) is 6.92 Å². The second kappa shape index (κ2) is 6.73. The first-order valence-corrected chi connectivity index (χ1v) is 9.31. The molecule has 1 aromatic rings. The Morgan fingerprint density at radius 3 is 2.67 bits per heavy atom. The van der Waals surface area contributed by atoms with Crippen LogP contribution in [0.4, 0.5) is 4.39 Å². The second-order valence-corrected chi connectivity index (χ2v) is 8.13. The molecule has 0 aliphatic heterocycles. The van der Waals surface area contributed by atoms with Gasteiger partial charge >= 0.3 is 0 Å². The zero-order chi connectivity index (χ0) is 15.6. The van der Waals surface area contributed by atoms with Crippen LogP contribution < -0.4 is 10.0 Å². The Hall–Kier alpha value is -0.500. The molecule has 1 aromatic carbocycles. The Kier molecular flexibility index (Phi) is 5.40.